The van der Waals surface area contributed by atoms with E-state index in [4.69, 9.17) is 4.74 Å². The number of anilines is 2. The minimum absolute atomic E-state index is 0.00957. The van der Waals surface area contributed by atoms with E-state index < -0.39 is 0 Å². The number of hydrogen-bond donors (Lipinski definition) is 2. The van der Waals surface area contributed by atoms with Crippen molar-refractivity contribution >= 4 is 17.3 Å². The third kappa shape index (κ3) is 4.85. The van der Waals surface area contributed by atoms with Crippen molar-refractivity contribution in [2.24, 2.45) is 0 Å². The lowest BCUT2D eigenvalue weighted by Crippen LogP contribution is -2.45. The van der Waals surface area contributed by atoms with Gasteiger partial charge < -0.3 is 20.3 Å². The van der Waals surface area contributed by atoms with Crippen LogP contribution in [0.25, 0.3) is 0 Å². The molecule has 1 unspecified atom stereocenters. The molecule has 1 heterocycles. The van der Waals surface area contributed by atoms with Gasteiger partial charge in [0.15, 0.2) is 0 Å². The van der Waals surface area contributed by atoms with Crippen LogP contribution in [0, 0.1) is 0 Å². The lowest BCUT2D eigenvalue weighted by Gasteiger charge is -2.31. The average Bonchev–Trinajstić information content (AvgIpc) is 3.29. The summed E-state index contributed by atoms with van der Waals surface area (Å²) in [4.78, 5) is 15.1. The Morgan fingerprint density at radius 3 is 2.37 bits per heavy atom. The molecule has 2 fully saturated rings. The number of rotatable bonds is 7. The largest absolute Gasteiger partial charge is 0.378 e. The van der Waals surface area contributed by atoms with Gasteiger partial charge in [-0.05, 0) is 49.6 Å². The topological polar surface area (TPSA) is 53.6 Å². The quantitative estimate of drug-likeness (QED) is 0.730. The van der Waals surface area contributed by atoms with Gasteiger partial charge in [-0.2, -0.15) is 0 Å². The highest BCUT2D eigenvalue weighted by Gasteiger charge is 2.35. The molecule has 2 aliphatic rings. The molecule has 30 heavy (non-hydrogen) atoms. The number of nitrogens with zero attached hydrogens (tertiary/aromatic N) is 1. The molecule has 1 saturated carbocycles. The zero-order valence-electron chi connectivity index (χ0n) is 17.9. The predicted molar refractivity (Wildman–Crippen MR) is 122 cm³/mol. The fourth-order valence-corrected chi connectivity index (χ4v) is 4.68. The average molecular weight is 408 g/mol. The first-order valence-corrected chi connectivity index (χ1v) is 11.2. The number of hydrogen-bond acceptors (Lipinski definition) is 4. The maximum absolute atomic E-state index is 12.7. The second-order valence-corrected chi connectivity index (χ2v) is 8.59. The van der Waals surface area contributed by atoms with Crippen LogP contribution in [0.1, 0.15) is 38.2 Å². The smallest absolute Gasteiger partial charge is 0.241 e. The Hall–Kier alpha value is -2.37. The summed E-state index contributed by atoms with van der Waals surface area (Å²) in [5.41, 5.74) is 3.55. The van der Waals surface area contributed by atoms with Crippen LogP contribution in [0.3, 0.4) is 0 Å². The van der Waals surface area contributed by atoms with Gasteiger partial charge in [-0.3, -0.25) is 4.79 Å². The summed E-state index contributed by atoms with van der Waals surface area (Å²) in [5, 5.41) is 6.57. The Kier molecular flexibility index (Phi) is 6.70. The molecule has 0 bridgehead atoms. The number of carbonyl (C=O) groups excluding carboxylic acids is 1. The molecule has 1 aliphatic heterocycles. The molecule has 1 saturated heterocycles. The van der Waals surface area contributed by atoms with E-state index in [1.807, 2.05) is 19.1 Å². The van der Waals surface area contributed by atoms with Gasteiger partial charge >= 0.3 is 0 Å². The van der Waals surface area contributed by atoms with E-state index in [9.17, 15) is 4.79 Å². The highest BCUT2D eigenvalue weighted by Crippen LogP contribution is 2.40. The van der Waals surface area contributed by atoms with Crippen molar-refractivity contribution in [1.82, 2.24) is 5.32 Å². The molecule has 0 spiro atoms. The minimum atomic E-state index is -0.245. The van der Waals surface area contributed by atoms with Gasteiger partial charge in [0.1, 0.15) is 0 Å². The van der Waals surface area contributed by atoms with Gasteiger partial charge in [-0.15, -0.1) is 0 Å². The Labute approximate surface area is 179 Å². The molecule has 1 amide bonds. The minimum Gasteiger partial charge on any atom is -0.378 e. The fraction of sp³-hybridized carbons (Fsp3) is 0.480. The summed E-state index contributed by atoms with van der Waals surface area (Å²) >= 11 is 0. The Morgan fingerprint density at radius 1 is 1.03 bits per heavy atom. The van der Waals surface area contributed by atoms with Gasteiger partial charge in [-0.1, -0.05) is 43.2 Å². The summed E-state index contributed by atoms with van der Waals surface area (Å²) in [6, 6.07) is 18.6. The predicted octanol–water partition coefficient (Wildman–Crippen LogP) is 3.95. The van der Waals surface area contributed by atoms with Crippen molar-refractivity contribution in [1.29, 1.82) is 0 Å². The Bertz CT molecular complexity index is 810. The van der Waals surface area contributed by atoms with Crippen LogP contribution in [0.15, 0.2) is 54.6 Å². The molecule has 1 aliphatic carbocycles. The molecule has 2 N–H and O–H groups in total. The van der Waals surface area contributed by atoms with E-state index in [-0.39, 0.29) is 17.4 Å². The number of morpholine rings is 1. The van der Waals surface area contributed by atoms with Gasteiger partial charge in [0.25, 0.3) is 0 Å². The third-order valence-electron chi connectivity index (χ3n) is 6.60. The van der Waals surface area contributed by atoms with Gasteiger partial charge in [-0.25, -0.2) is 0 Å². The van der Waals surface area contributed by atoms with Crippen LogP contribution >= 0.6 is 0 Å². The SMILES string of the molecule is CC(NCC1(c2ccccc2)CCCC1)C(=O)Nc1ccc(N2CCOCC2)cc1. The van der Waals surface area contributed by atoms with Gasteiger partial charge in [0.05, 0.1) is 19.3 Å². The van der Waals surface area contributed by atoms with E-state index in [0.29, 0.717) is 0 Å². The number of ether oxygens (including phenoxy) is 1. The van der Waals surface area contributed by atoms with Crippen LogP contribution in [0.4, 0.5) is 11.4 Å². The lowest BCUT2D eigenvalue weighted by atomic mass is 9.78. The van der Waals surface area contributed by atoms with E-state index in [0.717, 1.165) is 38.5 Å². The summed E-state index contributed by atoms with van der Waals surface area (Å²) in [7, 11) is 0. The van der Waals surface area contributed by atoms with Crippen molar-refractivity contribution in [3.63, 3.8) is 0 Å². The molecule has 5 nitrogen and oxygen atoms in total. The van der Waals surface area contributed by atoms with Crippen LogP contribution in [-0.2, 0) is 14.9 Å². The Balaban J connectivity index is 1.32. The summed E-state index contributed by atoms with van der Waals surface area (Å²) in [5.74, 6) is 0.00957. The van der Waals surface area contributed by atoms with Crippen LogP contribution in [0.5, 0.6) is 0 Å². The molecular weight excluding hydrogens is 374 g/mol. The maximum atomic E-state index is 12.7. The van der Waals surface area contributed by atoms with Crippen LogP contribution in [0.2, 0.25) is 0 Å². The second kappa shape index (κ2) is 9.63. The van der Waals surface area contributed by atoms with E-state index in [2.05, 4.69) is 58.0 Å². The summed E-state index contributed by atoms with van der Waals surface area (Å²) < 4.78 is 5.41. The van der Waals surface area contributed by atoms with Crippen molar-refractivity contribution in [2.45, 2.75) is 44.1 Å². The molecule has 0 aromatic heterocycles. The maximum Gasteiger partial charge on any atom is 0.241 e. The van der Waals surface area contributed by atoms with Crippen LogP contribution in [-0.4, -0.2) is 44.8 Å². The monoisotopic (exact) mass is 407 g/mol. The standard InChI is InChI=1S/C25H33N3O2/c1-20(26-19-25(13-5-6-14-25)21-7-3-2-4-8-21)24(29)27-22-9-11-23(12-10-22)28-15-17-30-18-16-28/h2-4,7-12,20,26H,5-6,13-19H2,1H3,(H,27,29). The molecule has 160 valence electrons. The first-order valence-electron chi connectivity index (χ1n) is 11.2. The first-order chi connectivity index (χ1) is 14.7. The molecule has 2 aromatic rings. The first kappa shape index (κ1) is 20.9. The third-order valence-corrected chi connectivity index (χ3v) is 6.60. The van der Waals surface area contributed by atoms with Gasteiger partial charge in [0.2, 0.25) is 5.91 Å². The van der Waals surface area contributed by atoms with Crippen molar-refractivity contribution in [3.8, 4) is 0 Å². The zero-order chi connectivity index (χ0) is 20.8. The number of amides is 1. The molecule has 0 radical (unpaired) electrons. The second-order valence-electron chi connectivity index (χ2n) is 8.59. The fourth-order valence-electron chi connectivity index (χ4n) is 4.68. The van der Waals surface area contributed by atoms with Crippen molar-refractivity contribution in [3.05, 3.63) is 60.2 Å². The van der Waals surface area contributed by atoms with E-state index >= 15 is 0 Å². The molecule has 1 atom stereocenters. The summed E-state index contributed by atoms with van der Waals surface area (Å²) in [6.07, 6.45) is 4.88. The number of benzene rings is 2. The number of carbonyl (C=O) groups is 1. The summed E-state index contributed by atoms with van der Waals surface area (Å²) in [6.45, 7) is 6.15. The molecular formula is C25H33N3O2. The lowest BCUT2D eigenvalue weighted by molar-refractivity contribution is -0.117. The number of nitrogens with one attached hydrogen (secondary N) is 2. The van der Waals surface area contributed by atoms with Gasteiger partial charge in [0, 0.05) is 36.4 Å². The van der Waals surface area contributed by atoms with E-state index in [1.54, 1.807) is 0 Å². The van der Waals surface area contributed by atoms with Crippen LogP contribution < -0.4 is 15.5 Å². The molecule has 2 aromatic carbocycles. The van der Waals surface area contributed by atoms with Crippen molar-refractivity contribution < 1.29 is 9.53 Å². The highest BCUT2D eigenvalue weighted by atomic mass is 16.5. The Morgan fingerprint density at radius 2 is 1.70 bits per heavy atom. The highest BCUT2D eigenvalue weighted by molar-refractivity contribution is 5.94. The molecule has 5 heteroatoms. The zero-order valence-corrected chi connectivity index (χ0v) is 17.9. The normalized spacial score (nSPS) is 19.4. The molecule has 4 rings (SSSR count). The van der Waals surface area contributed by atoms with E-state index in [1.165, 1.54) is 36.9 Å². The van der Waals surface area contributed by atoms with Crippen molar-refractivity contribution in [2.75, 3.05) is 43.1 Å².